The average Bonchev–Trinajstić information content (AvgIpc) is 3.31. The number of nitrogens with one attached hydrogen (secondary N) is 1. The Morgan fingerprint density at radius 1 is 1.27 bits per heavy atom. The van der Waals surface area contributed by atoms with Gasteiger partial charge in [0.25, 0.3) is 0 Å². The molecule has 26 heavy (non-hydrogen) atoms. The van der Waals surface area contributed by atoms with Crippen LogP contribution in [0.3, 0.4) is 0 Å². The lowest BCUT2D eigenvalue weighted by atomic mass is 10.2. The van der Waals surface area contributed by atoms with E-state index >= 15 is 0 Å². The minimum Gasteiger partial charge on any atom is -0.467 e. The molecule has 2 aromatic rings. The zero-order valence-electron chi connectivity index (χ0n) is 14.3. The molecular weight excluding hydrogens is 356 g/mol. The van der Waals surface area contributed by atoms with Crippen molar-refractivity contribution >= 4 is 21.7 Å². The van der Waals surface area contributed by atoms with Crippen LogP contribution in [0.1, 0.15) is 35.9 Å². The molecule has 0 saturated carbocycles. The molecule has 1 aromatic heterocycles. The number of carbonyl (C=O) groups is 2. The Hall–Kier alpha value is -2.45. The van der Waals surface area contributed by atoms with E-state index in [1.165, 1.54) is 35.7 Å². The Morgan fingerprint density at radius 2 is 2.08 bits per heavy atom. The monoisotopic (exact) mass is 376 g/mol. The summed E-state index contributed by atoms with van der Waals surface area (Å²) in [6.07, 6.45) is 2.57. The molecule has 0 spiro atoms. The third-order valence-electron chi connectivity index (χ3n) is 4.37. The minimum atomic E-state index is -3.86. The summed E-state index contributed by atoms with van der Waals surface area (Å²) in [5.74, 6) is 0.0290. The highest BCUT2D eigenvalue weighted by Gasteiger charge is 2.39. The van der Waals surface area contributed by atoms with Crippen molar-refractivity contribution in [3.63, 3.8) is 0 Å². The summed E-state index contributed by atoms with van der Waals surface area (Å²) in [6.45, 7) is 1.86. The molecule has 0 bridgehead atoms. The zero-order valence-corrected chi connectivity index (χ0v) is 15.2. The van der Waals surface area contributed by atoms with Gasteiger partial charge in [-0.05, 0) is 44.0 Å². The van der Waals surface area contributed by atoms with E-state index in [2.05, 4.69) is 5.32 Å². The molecule has 1 N–H and O–H groups in total. The first-order valence-corrected chi connectivity index (χ1v) is 9.76. The van der Waals surface area contributed by atoms with E-state index in [-0.39, 0.29) is 29.7 Å². The van der Waals surface area contributed by atoms with Gasteiger partial charge in [0.15, 0.2) is 5.78 Å². The number of sulfonamides is 1. The lowest BCUT2D eigenvalue weighted by molar-refractivity contribution is -0.124. The van der Waals surface area contributed by atoms with Crippen molar-refractivity contribution in [2.45, 2.75) is 37.2 Å². The smallest absolute Gasteiger partial charge is 0.243 e. The molecule has 1 amide bonds. The van der Waals surface area contributed by atoms with Gasteiger partial charge in [0, 0.05) is 12.1 Å². The maximum atomic E-state index is 13.0. The van der Waals surface area contributed by atoms with Crippen molar-refractivity contribution < 1.29 is 22.4 Å². The van der Waals surface area contributed by atoms with Gasteiger partial charge in [0.1, 0.15) is 11.8 Å². The molecule has 3 rings (SSSR count). The number of nitrogens with zero attached hydrogens (tertiary/aromatic N) is 1. The molecule has 0 aliphatic carbocycles. The van der Waals surface area contributed by atoms with Gasteiger partial charge in [-0.25, -0.2) is 8.42 Å². The second-order valence-electron chi connectivity index (χ2n) is 6.15. The Bertz CT molecular complexity index is 905. The Balaban J connectivity index is 1.78. The average molecular weight is 376 g/mol. The van der Waals surface area contributed by atoms with Gasteiger partial charge in [-0.1, -0.05) is 12.1 Å². The first kappa shape index (κ1) is 18.3. The number of Topliss-reactive ketones (excluding diaryl/α,β-unsaturated/α-hetero) is 1. The summed E-state index contributed by atoms with van der Waals surface area (Å²) in [7, 11) is -3.86. The highest BCUT2D eigenvalue weighted by Crippen LogP contribution is 2.27. The van der Waals surface area contributed by atoms with Crippen molar-refractivity contribution in [3.05, 3.63) is 54.0 Å². The Labute approximate surface area is 152 Å². The largest absolute Gasteiger partial charge is 0.467 e. The SMILES string of the molecule is CC(=O)c1cccc(S(=O)(=O)N2CCCC2C(=O)NCc2ccco2)c1. The molecule has 8 heteroatoms. The van der Waals surface area contributed by atoms with E-state index in [0.717, 1.165) is 0 Å². The molecule has 1 saturated heterocycles. The quantitative estimate of drug-likeness (QED) is 0.777. The molecule has 1 unspecified atom stereocenters. The van der Waals surface area contributed by atoms with Gasteiger partial charge < -0.3 is 9.73 Å². The van der Waals surface area contributed by atoms with Crippen LogP contribution in [0.15, 0.2) is 52.0 Å². The van der Waals surface area contributed by atoms with Crippen molar-refractivity contribution in [2.24, 2.45) is 0 Å². The molecule has 0 radical (unpaired) electrons. The number of ketones is 1. The van der Waals surface area contributed by atoms with Crippen LogP contribution in [0.4, 0.5) is 0 Å². The van der Waals surface area contributed by atoms with E-state index in [4.69, 9.17) is 4.42 Å². The van der Waals surface area contributed by atoms with E-state index in [0.29, 0.717) is 24.2 Å². The number of benzene rings is 1. The van der Waals surface area contributed by atoms with Crippen molar-refractivity contribution in [1.82, 2.24) is 9.62 Å². The summed E-state index contributed by atoms with van der Waals surface area (Å²) in [4.78, 5) is 24.0. The summed E-state index contributed by atoms with van der Waals surface area (Å²) < 4.78 is 32.3. The summed E-state index contributed by atoms with van der Waals surface area (Å²) >= 11 is 0. The molecule has 7 nitrogen and oxygen atoms in total. The van der Waals surface area contributed by atoms with Crippen LogP contribution < -0.4 is 5.32 Å². The van der Waals surface area contributed by atoms with E-state index < -0.39 is 16.1 Å². The van der Waals surface area contributed by atoms with Gasteiger partial charge in [-0.3, -0.25) is 9.59 Å². The molecule has 2 heterocycles. The number of furan rings is 1. The second-order valence-corrected chi connectivity index (χ2v) is 8.05. The molecule has 1 fully saturated rings. The Kier molecular flexibility index (Phi) is 5.24. The summed E-state index contributed by atoms with van der Waals surface area (Å²) in [5, 5.41) is 2.72. The van der Waals surface area contributed by atoms with Crippen LogP contribution in [0.25, 0.3) is 0 Å². The maximum absolute atomic E-state index is 13.0. The predicted molar refractivity (Wildman–Crippen MR) is 93.9 cm³/mol. The van der Waals surface area contributed by atoms with Gasteiger partial charge in [-0.15, -0.1) is 0 Å². The van der Waals surface area contributed by atoms with Crippen LogP contribution in [-0.4, -0.2) is 37.0 Å². The number of hydrogen-bond acceptors (Lipinski definition) is 5. The molecule has 1 atom stereocenters. The number of carbonyl (C=O) groups excluding carboxylic acids is 2. The third kappa shape index (κ3) is 3.71. The highest BCUT2D eigenvalue weighted by molar-refractivity contribution is 7.89. The topological polar surface area (TPSA) is 96.7 Å². The van der Waals surface area contributed by atoms with Gasteiger partial charge in [-0.2, -0.15) is 4.31 Å². The number of amides is 1. The first-order chi connectivity index (χ1) is 12.4. The van der Waals surface area contributed by atoms with Gasteiger partial charge in [0.2, 0.25) is 15.9 Å². The standard InChI is InChI=1S/C18H20N2O5S/c1-13(21)14-5-2-7-16(11-14)26(23,24)20-9-3-8-17(20)18(22)19-12-15-6-4-10-25-15/h2,4-7,10-11,17H,3,8-9,12H2,1H3,(H,19,22). The third-order valence-corrected chi connectivity index (χ3v) is 6.27. The van der Waals surface area contributed by atoms with Crippen molar-refractivity contribution in [1.29, 1.82) is 0 Å². The van der Waals surface area contributed by atoms with Crippen LogP contribution in [0.2, 0.25) is 0 Å². The zero-order chi connectivity index (χ0) is 18.7. The summed E-state index contributed by atoms with van der Waals surface area (Å²) in [6, 6.07) is 8.58. The normalized spacial score (nSPS) is 18.0. The van der Waals surface area contributed by atoms with Crippen LogP contribution in [0.5, 0.6) is 0 Å². The number of rotatable bonds is 6. The lowest BCUT2D eigenvalue weighted by Crippen LogP contribution is -2.45. The fraction of sp³-hybridized carbons (Fsp3) is 0.333. The molecule has 1 aromatic carbocycles. The fourth-order valence-corrected chi connectivity index (χ4v) is 4.71. The van der Waals surface area contributed by atoms with Crippen molar-refractivity contribution in [3.8, 4) is 0 Å². The van der Waals surface area contributed by atoms with Gasteiger partial charge in [0.05, 0.1) is 17.7 Å². The summed E-state index contributed by atoms with van der Waals surface area (Å²) in [5.41, 5.74) is 0.323. The molecule has 1 aliphatic rings. The van der Waals surface area contributed by atoms with Crippen molar-refractivity contribution in [2.75, 3.05) is 6.54 Å². The molecular formula is C18H20N2O5S. The van der Waals surface area contributed by atoms with Gasteiger partial charge >= 0.3 is 0 Å². The van der Waals surface area contributed by atoms with Crippen LogP contribution >= 0.6 is 0 Å². The van der Waals surface area contributed by atoms with E-state index in [1.54, 1.807) is 18.2 Å². The van der Waals surface area contributed by atoms with E-state index in [1.807, 2.05) is 0 Å². The number of hydrogen-bond donors (Lipinski definition) is 1. The van der Waals surface area contributed by atoms with Crippen LogP contribution in [-0.2, 0) is 21.4 Å². The fourth-order valence-electron chi connectivity index (χ4n) is 3.01. The predicted octanol–water partition coefficient (Wildman–Crippen LogP) is 1.95. The minimum absolute atomic E-state index is 0.0240. The van der Waals surface area contributed by atoms with Crippen LogP contribution in [0, 0.1) is 0 Å². The second kappa shape index (κ2) is 7.43. The highest BCUT2D eigenvalue weighted by atomic mass is 32.2. The lowest BCUT2D eigenvalue weighted by Gasteiger charge is -2.23. The molecule has 1 aliphatic heterocycles. The molecule has 138 valence electrons. The first-order valence-electron chi connectivity index (χ1n) is 8.32. The maximum Gasteiger partial charge on any atom is 0.243 e. The Morgan fingerprint density at radius 3 is 2.77 bits per heavy atom. The van der Waals surface area contributed by atoms with E-state index in [9.17, 15) is 18.0 Å².